The normalized spacial score (nSPS) is 37.9. The van der Waals surface area contributed by atoms with E-state index in [1.54, 1.807) is 0 Å². The Bertz CT molecular complexity index is 327. The maximum atomic E-state index is 11.7. The van der Waals surface area contributed by atoms with Crippen molar-refractivity contribution in [2.24, 2.45) is 11.3 Å². The first-order valence-corrected chi connectivity index (χ1v) is 5.29. The van der Waals surface area contributed by atoms with Crippen LogP contribution in [0.4, 0.5) is 0 Å². The molecule has 0 saturated heterocycles. The number of hydrogen-bond donors (Lipinski definition) is 0. The van der Waals surface area contributed by atoms with Gasteiger partial charge in [-0.25, -0.2) is 0 Å². The van der Waals surface area contributed by atoms with Gasteiger partial charge in [0.15, 0.2) is 5.78 Å². The van der Waals surface area contributed by atoms with Crippen LogP contribution in [0.5, 0.6) is 0 Å². The van der Waals surface area contributed by atoms with E-state index in [9.17, 15) is 9.59 Å². The van der Waals surface area contributed by atoms with Crippen molar-refractivity contribution in [3.05, 3.63) is 11.6 Å². The first kappa shape index (κ1) is 9.63. The standard InChI is InChI=1S/C12H16O2/c1-8-4-3-5-10-11(14)6-9(13)7-12(8,10)2/h5,8H,3-4,6-7H2,1-2H3/t8-,12+/m1/s1. The molecule has 2 rings (SSSR count). The van der Waals surface area contributed by atoms with Gasteiger partial charge in [0.25, 0.3) is 0 Å². The van der Waals surface area contributed by atoms with Gasteiger partial charge in [-0.15, -0.1) is 0 Å². The van der Waals surface area contributed by atoms with E-state index in [0.717, 1.165) is 18.4 Å². The summed E-state index contributed by atoms with van der Waals surface area (Å²) in [4.78, 5) is 23.1. The molecular formula is C12H16O2. The number of rotatable bonds is 0. The molecule has 0 unspecified atom stereocenters. The molecule has 1 saturated carbocycles. The van der Waals surface area contributed by atoms with Crippen molar-refractivity contribution in [2.75, 3.05) is 0 Å². The number of Topliss-reactive ketones (excluding diaryl/α,β-unsaturated/α-hetero) is 2. The molecule has 0 aliphatic heterocycles. The molecule has 2 aliphatic rings. The molecule has 14 heavy (non-hydrogen) atoms. The lowest BCUT2D eigenvalue weighted by Gasteiger charge is -2.42. The van der Waals surface area contributed by atoms with Crippen LogP contribution in [-0.4, -0.2) is 11.6 Å². The lowest BCUT2D eigenvalue weighted by molar-refractivity contribution is -0.131. The fourth-order valence-electron chi connectivity index (χ4n) is 2.74. The van der Waals surface area contributed by atoms with E-state index in [2.05, 4.69) is 19.9 Å². The third kappa shape index (κ3) is 1.24. The number of carbonyl (C=O) groups is 2. The summed E-state index contributed by atoms with van der Waals surface area (Å²) < 4.78 is 0. The first-order valence-electron chi connectivity index (χ1n) is 5.29. The predicted molar refractivity (Wildman–Crippen MR) is 53.8 cm³/mol. The number of fused-ring (bicyclic) bond motifs is 1. The average Bonchev–Trinajstić information content (AvgIpc) is 2.07. The summed E-state index contributed by atoms with van der Waals surface area (Å²) in [5, 5.41) is 0. The maximum absolute atomic E-state index is 11.7. The lowest BCUT2D eigenvalue weighted by atomic mass is 9.60. The van der Waals surface area contributed by atoms with Gasteiger partial charge >= 0.3 is 0 Å². The molecule has 0 aromatic rings. The predicted octanol–water partition coefficient (Wildman–Crippen LogP) is 2.28. The van der Waals surface area contributed by atoms with Crippen LogP contribution in [0.3, 0.4) is 0 Å². The smallest absolute Gasteiger partial charge is 0.166 e. The van der Waals surface area contributed by atoms with Gasteiger partial charge in [0.1, 0.15) is 5.78 Å². The second-order valence-electron chi connectivity index (χ2n) is 4.83. The highest BCUT2D eigenvalue weighted by Gasteiger charge is 2.45. The molecular weight excluding hydrogens is 176 g/mol. The molecule has 2 atom stereocenters. The highest BCUT2D eigenvalue weighted by atomic mass is 16.1. The summed E-state index contributed by atoms with van der Waals surface area (Å²) in [6.07, 6.45) is 4.83. The highest BCUT2D eigenvalue weighted by Crippen LogP contribution is 2.47. The zero-order valence-corrected chi connectivity index (χ0v) is 8.80. The molecule has 2 aliphatic carbocycles. The van der Waals surface area contributed by atoms with Crippen LogP contribution in [0.1, 0.15) is 39.5 Å². The van der Waals surface area contributed by atoms with Crippen LogP contribution < -0.4 is 0 Å². The summed E-state index contributed by atoms with van der Waals surface area (Å²) in [6, 6.07) is 0. The zero-order valence-electron chi connectivity index (χ0n) is 8.80. The number of allylic oxidation sites excluding steroid dienone is 2. The van der Waals surface area contributed by atoms with Crippen molar-refractivity contribution in [2.45, 2.75) is 39.5 Å². The second-order valence-corrected chi connectivity index (χ2v) is 4.83. The van der Waals surface area contributed by atoms with Crippen LogP contribution in [0.25, 0.3) is 0 Å². The summed E-state index contributed by atoms with van der Waals surface area (Å²) in [6.45, 7) is 4.22. The molecule has 2 heteroatoms. The van der Waals surface area contributed by atoms with Gasteiger partial charge in [0.05, 0.1) is 6.42 Å². The Kier molecular flexibility index (Phi) is 2.09. The zero-order chi connectivity index (χ0) is 10.3. The minimum absolute atomic E-state index is 0.0651. The van der Waals surface area contributed by atoms with Crippen LogP contribution in [0.15, 0.2) is 11.6 Å². The fourth-order valence-corrected chi connectivity index (χ4v) is 2.74. The Morgan fingerprint density at radius 2 is 2.14 bits per heavy atom. The van der Waals surface area contributed by atoms with E-state index in [-0.39, 0.29) is 23.4 Å². The SMILES string of the molecule is C[C@@H]1CCC=C2C(=O)CC(=O)C[C@]21C. The van der Waals surface area contributed by atoms with Crippen molar-refractivity contribution in [1.82, 2.24) is 0 Å². The molecule has 0 spiro atoms. The molecule has 2 nitrogen and oxygen atoms in total. The Morgan fingerprint density at radius 1 is 1.43 bits per heavy atom. The number of carbonyl (C=O) groups excluding carboxylic acids is 2. The fraction of sp³-hybridized carbons (Fsp3) is 0.667. The van der Waals surface area contributed by atoms with Gasteiger partial charge in [-0.2, -0.15) is 0 Å². The summed E-state index contributed by atoms with van der Waals surface area (Å²) >= 11 is 0. The largest absolute Gasteiger partial charge is 0.299 e. The Balaban J connectivity index is 2.43. The maximum Gasteiger partial charge on any atom is 0.166 e. The molecule has 0 radical (unpaired) electrons. The van der Waals surface area contributed by atoms with E-state index < -0.39 is 0 Å². The first-order chi connectivity index (χ1) is 6.54. The van der Waals surface area contributed by atoms with E-state index in [1.165, 1.54) is 0 Å². The molecule has 0 heterocycles. The van der Waals surface area contributed by atoms with Gasteiger partial charge in [-0.05, 0) is 24.3 Å². The van der Waals surface area contributed by atoms with E-state index in [0.29, 0.717) is 12.3 Å². The quantitative estimate of drug-likeness (QED) is 0.552. The van der Waals surface area contributed by atoms with Gasteiger partial charge in [0, 0.05) is 11.8 Å². The van der Waals surface area contributed by atoms with Gasteiger partial charge < -0.3 is 0 Å². The Labute approximate surface area is 84.4 Å². The van der Waals surface area contributed by atoms with Crippen LogP contribution in [-0.2, 0) is 9.59 Å². The number of ketones is 2. The second kappa shape index (κ2) is 3.04. The third-order valence-corrected chi connectivity index (χ3v) is 3.87. The van der Waals surface area contributed by atoms with Crippen LogP contribution in [0, 0.1) is 11.3 Å². The summed E-state index contributed by atoms with van der Waals surface area (Å²) in [7, 11) is 0. The van der Waals surface area contributed by atoms with E-state index in [1.807, 2.05) is 0 Å². The summed E-state index contributed by atoms with van der Waals surface area (Å²) in [5.74, 6) is 0.634. The van der Waals surface area contributed by atoms with Crippen LogP contribution >= 0.6 is 0 Å². The van der Waals surface area contributed by atoms with Gasteiger partial charge in [-0.1, -0.05) is 19.9 Å². The third-order valence-electron chi connectivity index (χ3n) is 3.87. The van der Waals surface area contributed by atoms with Crippen molar-refractivity contribution < 1.29 is 9.59 Å². The average molecular weight is 192 g/mol. The van der Waals surface area contributed by atoms with Crippen molar-refractivity contribution >= 4 is 11.6 Å². The van der Waals surface area contributed by atoms with Gasteiger partial charge in [-0.3, -0.25) is 9.59 Å². The molecule has 0 N–H and O–H groups in total. The van der Waals surface area contributed by atoms with Crippen molar-refractivity contribution in [3.63, 3.8) is 0 Å². The van der Waals surface area contributed by atoms with Crippen molar-refractivity contribution in [3.8, 4) is 0 Å². The monoisotopic (exact) mass is 192 g/mol. The molecule has 76 valence electrons. The minimum Gasteiger partial charge on any atom is -0.299 e. The topological polar surface area (TPSA) is 34.1 Å². The Hall–Kier alpha value is -0.920. The highest BCUT2D eigenvalue weighted by molar-refractivity contribution is 6.11. The van der Waals surface area contributed by atoms with Crippen molar-refractivity contribution in [1.29, 1.82) is 0 Å². The molecule has 1 fully saturated rings. The Morgan fingerprint density at radius 3 is 2.86 bits per heavy atom. The lowest BCUT2D eigenvalue weighted by Crippen LogP contribution is -2.40. The molecule has 0 aromatic heterocycles. The minimum atomic E-state index is -0.162. The van der Waals surface area contributed by atoms with E-state index in [4.69, 9.17) is 0 Å². The van der Waals surface area contributed by atoms with Gasteiger partial charge in [0.2, 0.25) is 0 Å². The van der Waals surface area contributed by atoms with E-state index >= 15 is 0 Å². The molecule has 0 bridgehead atoms. The molecule has 0 aromatic carbocycles. The molecule has 0 amide bonds. The number of hydrogen-bond acceptors (Lipinski definition) is 2. The summed E-state index contributed by atoms with van der Waals surface area (Å²) in [5.41, 5.74) is 0.765. The van der Waals surface area contributed by atoms with Crippen LogP contribution in [0.2, 0.25) is 0 Å².